The molecule has 2 heterocycles. The van der Waals surface area contributed by atoms with Crippen molar-refractivity contribution in [3.63, 3.8) is 0 Å². The third kappa shape index (κ3) is 7.31. The van der Waals surface area contributed by atoms with Crippen LogP contribution in [0.1, 0.15) is 76.9 Å². The number of hydrogen-bond donors (Lipinski definition) is 2. The molecule has 17 heteroatoms. The van der Waals surface area contributed by atoms with Crippen molar-refractivity contribution in [3.8, 4) is 0 Å². The summed E-state index contributed by atoms with van der Waals surface area (Å²) in [6.07, 6.45) is -12.4. The number of carbonyl (C=O) groups is 6. The van der Waals surface area contributed by atoms with Gasteiger partial charge >= 0.3 is 30.2 Å². The van der Waals surface area contributed by atoms with Crippen molar-refractivity contribution in [1.82, 2.24) is 5.32 Å². The van der Waals surface area contributed by atoms with Gasteiger partial charge in [0.05, 0.1) is 36.2 Å². The minimum Gasteiger partial charge on any atom is -0.454 e. The quantitative estimate of drug-likeness (QED) is 0.193. The Labute approximate surface area is 358 Å². The number of fused-ring (bicyclic) bond motifs is 4. The molecule has 3 aliphatic carbocycles. The lowest BCUT2D eigenvalue weighted by Crippen LogP contribution is -2.81. The van der Waals surface area contributed by atoms with Crippen molar-refractivity contribution in [2.75, 3.05) is 20.8 Å². The highest BCUT2D eigenvalue weighted by Crippen LogP contribution is 2.64. The molecule has 2 saturated heterocycles. The van der Waals surface area contributed by atoms with Crippen molar-refractivity contribution >= 4 is 35.9 Å². The number of carbonyl (C=O) groups excluding carboxylic acids is 6. The van der Waals surface area contributed by atoms with Crippen LogP contribution in [0.4, 0.5) is 9.59 Å². The predicted octanol–water partition coefficient (Wildman–Crippen LogP) is 4.33. The molecule has 1 amide bonds. The number of benzene rings is 2. The van der Waals surface area contributed by atoms with Gasteiger partial charge in [0.2, 0.25) is 5.60 Å². The molecule has 1 spiro atoms. The third-order valence-electron chi connectivity index (χ3n) is 12.9. The maximum atomic E-state index is 15.4. The molecule has 0 aromatic heterocycles. The molecule has 0 radical (unpaired) electrons. The van der Waals surface area contributed by atoms with Crippen molar-refractivity contribution in [3.05, 3.63) is 82.9 Å². The molecular weight excluding hydrogens is 810 g/mol. The smallest absolute Gasteiger partial charge is 0.454 e. The van der Waals surface area contributed by atoms with E-state index >= 15 is 4.79 Å². The first-order valence-corrected chi connectivity index (χ1v) is 20.4. The summed E-state index contributed by atoms with van der Waals surface area (Å²) in [7, 11) is 2.73. The van der Waals surface area contributed by atoms with Crippen LogP contribution in [0.5, 0.6) is 0 Å². The van der Waals surface area contributed by atoms with E-state index in [-0.39, 0.29) is 29.7 Å². The Bertz CT molecular complexity index is 2130. The van der Waals surface area contributed by atoms with Gasteiger partial charge in [0.1, 0.15) is 17.8 Å². The van der Waals surface area contributed by atoms with Crippen LogP contribution in [-0.4, -0.2) is 121 Å². The minimum atomic E-state index is -2.18. The van der Waals surface area contributed by atoms with Gasteiger partial charge in [-0.2, -0.15) is 0 Å². The van der Waals surface area contributed by atoms with E-state index in [1.54, 1.807) is 90.1 Å². The van der Waals surface area contributed by atoms with Gasteiger partial charge in [0.25, 0.3) is 0 Å². The molecule has 62 heavy (non-hydrogen) atoms. The fraction of sp³-hybridized carbons (Fsp3) is 0.556. The fourth-order valence-electron chi connectivity index (χ4n) is 10.3. The fourth-order valence-corrected chi connectivity index (χ4v) is 10.3. The number of ketones is 1. The van der Waals surface area contributed by atoms with E-state index in [0.717, 1.165) is 0 Å². The highest BCUT2D eigenvalue weighted by atomic mass is 16.8. The number of nitrogens with one attached hydrogen (secondary N) is 1. The van der Waals surface area contributed by atoms with E-state index in [0.29, 0.717) is 5.56 Å². The first kappa shape index (κ1) is 44.7. The SMILES string of the molecule is CO[C@H]1C(=O)C2[C@@H](OC)C[C@H]3OC[C@@]3(OC(C)=O)[C@H]2[C@H](OC(=O)c2ccccc2)[C@]23OC(=O)O[C@H]2[C@H](OC(=O)[C@H](O)[C@@H](NC(=O)OC(C)(C)C)c2ccccc2)C(C)=C1C3(C)C. The average molecular weight is 864 g/mol. The summed E-state index contributed by atoms with van der Waals surface area (Å²) in [6.45, 7) is 10.8. The molecule has 5 aliphatic rings. The van der Waals surface area contributed by atoms with Crippen LogP contribution < -0.4 is 5.32 Å². The number of Topliss-reactive ketones (excluding diaryl/α,β-unsaturated/α-hetero) is 1. The Morgan fingerprint density at radius 3 is 2.15 bits per heavy atom. The Kier molecular flexibility index (Phi) is 11.8. The summed E-state index contributed by atoms with van der Waals surface area (Å²) in [4.78, 5) is 84.4. The normalized spacial score (nSPS) is 32.9. The van der Waals surface area contributed by atoms with E-state index < -0.39 is 119 Å². The molecule has 7 rings (SSSR count). The second-order valence-corrected chi connectivity index (χ2v) is 17.9. The van der Waals surface area contributed by atoms with Crippen LogP contribution >= 0.6 is 0 Å². The Morgan fingerprint density at radius 2 is 1.58 bits per heavy atom. The summed E-state index contributed by atoms with van der Waals surface area (Å²) in [5, 5.41) is 14.4. The second kappa shape index (κ2) is 16.4. The topological polar surface area (TPSA) is 218 Å². The lowest BCUT2D eigenvalue weighted by molar-refractivity contribution is -0.333. The Balaban J connectivity index is 1.42. The summed E-state index contributed by atoms with van der Waals surface area (Å²) < 4.78 is 54.8. The van der Waals surface area contributed by atoms with Crippen molar-refractivity contribution < 1.29 is 76.5 Å². The number of methoxy groups -OCH3 is 2. The maximum Gasteiger partial charge on any atom is 0.509 e. The highest BCUT2D eigenvalue weighted by molar-refractivity contribution is 5.92. The van der Waals surface area contributed by atoms with Gasteiger partial charge in [0, 0.05) is 33.0 Å². The molecule has 1 unspecified atom stereocenters. The molecule has 2 aromatic carbocycles. The van der Waals surface area contributed by atoms with Crippen molar-refractivity contribution in [1.29, 1.82) is 0 Å². The maximum absolute atomic E-state index is 15.4. The second-order valence-electron chi connectivity index (χ2n) is 17.9. The number of aliphatic hydroxyl groups excluding tert-OH is 1. The first-order chi connectivity index (χ1) is 29.2. The monoisotopic (exact) mass is 863 g/mol. The van der Waals surface area contributed by atoms with E-state index in [1.165, 1.54) is 33.3 Å². The Morgan fingerprint density at radius 1 is 0.935 bits per heavy atom. The zero-order valence-corrected chi connectivity index (χ0v) is 36.0. The molecule has 2 aliphatic heterocycles. The molecule has 12 atom stereocenters. The van der Waals surface area contributed by atoms with Crippen molar-refractivity contribution in [2.45, 2.75) is 120 Å². The third-order valence-corrected chi connectivity index (χ3v) is 12.9. The summed E-state index contributed by atoms with van der Waals surface area (Å²) >= 11 is 0. The van der Waals surface area contributed by atoms with Crippen LogP contribution in [0.15, 0.2) is 71.8 Å². The minimum absolute atomic E-state index is 0.0959. The van der Waals surface area contributed by atoms with E-state index in [4.69, 9.17) is 42.6 Å². The lowest BCUT2D eigenvalue weighted by Gasteiger charge is -2.65. The van der Waals surface area contributed by atoms with Gasteiger partial charge < -0.3 is 53.1 Å². The number of esters is 3. The number of hydrogen-bond acceptors (Lipinski definition) is 16. The highest BCUT2D eigenvalue weighted by Gasteiger charge is 2.81. The lowest BCUT2D eigenvalue weighted by atomic mass is 9.48. The Hall–Kier alpha value is -5.36. The van der Waals surface area contributed by atoms with Gasteiger partial charge in [-0.15, -0.1) is 0 Å². The van der Waals surface area contributed by atoms with Crippen LogP contribution in [0.3, 0.4) is 0 Å². The van der Waals surface area contributed by atoms with Gasteiger partial charge in [-0.25, -0.2) is 19.2 Å². The van der Waals surface area contributed by atoms with Crippen molar-refractivity contribution in [2.24, 2.45) is 17.3 Å². The molecular formula is C45H53NO16. The molecule has 334 valence electrons. The van der Waals surface area contributed by atoms with E-state index in [1.807, 2.05) is 0 Å². The van der Waals surface area contributed by atoms with Gasteiger partial charge in [0.15, 0.2) is 35.8 Å². The zero-order chi connectivity index (χ0) is 45.1. The average Bonchev–Trinajstić information content (AvgIpc) is 3.58. The standard InChI is InChI=1S/C45H53NO16/c1-22-29-35(55-9)32(48)28-26(54-8)20-27-44(21-56-27,60-23(2)47)30(28)36(58-38(50)25-18-14-11-15-19-25)45(43(29,6)7)37(59-41(53)62-45)34(22)57-39(51)33(49)31(24-16-12-10-13-17-24)46-40(52)61-42(3,4)5/h10-19,26-28,30-31,33-37,49H,20-21H2,1-9H3,(H,46,52)/t26-,27+,28?,30+,31-,33+,34+,35+,36-,37-,44-,45-/m0/s1. The van der Waals surface area contributed by atoms with Gasteiger partial charge in [-0.05, 0) is 56.5 Å². The number of alkyl carbamates (subject to hydrolysis) is 1. The molecule has 2 bridgehead atoms. The van der Waals surface area contributed by atoms with E-state index in [2.05, 4.69) is 5.32 Å². The van der Waals surface area contributed by atoms with Crippen LogP contribution in [0, 0.1) is 17.3 Å². The largest absolute Gasteiger partial charge is 0.509 e. The predicted molar refractivity (Wildman–Crippen MR) is 213 cm³/mol. The van der Waals surface area contributed by atoms with Gasteiger partial charge in [-0.1, -0.05) is 62.4 Å². The molecule has 4 fully saturated rings. The summed E-state index contributed by atoms with van der Waals surface area (Å²) in [6, 6.07) is 14.7. The number of aliphatic hydroxyl groups is 1. The molecule has 2 saturated carbocycles. The number of ether oxygens (including phenoxy) is 9. The molecule has 17 nitrogen and oxygen atoms in total. The van der Waals surface area contributed by atoms with E-state index in [9.17, 15) is 29.1 Å². The zero-order valence-electron chi connectivity index (χ0n) is 36.0. The van der Waals surface area contributed by atoms with Crippen LogP contribution in [0.25, 0.3) is 0 Å². The first-order valence-electron chi connectivity index (χ1n) is 20.4. The summed E-state index contributed by atoms with van der Waals surface area (Å²) in [5.41, 5.74) is -5.47. The van der Waals surface area contributed by atoms with Crippen LogP contribution in [-0.2, 0) is 57.0 Å². The summed E-state index contributed by atoms with van der Waals surface area (Å²) in [5.74, 6) is -6.01. The number of amides is 1. The molecule has 2 aromatic rings. The number of rotatable bonds is 10. The van der Waals surface area contributed by atoms with Gasteiger partial charge in [-0.3, -0.25) is 9.59 Å². The molecule has 2 N–H and O–H groups in total. The van der Waals surface area contributed by atoms with Crippen LogP contribution in [0.2, 0.25) is 0 Å².